The molecule has 2 aliphatic rings. The summed E-state index contributed by atoms with van der Waals surface area (Å²) in [5.74, 6) is 0.378. The first-order valence-corrected chi connectivity index (χ1v) is 8.13. The normalized spacial score (nSPS) is 17.9. The van der Waals surface area contributed by atoms with Crippen molar-refractivity contribution in [3.63, 3.8) is 0 Å². The Morgan fingerprint density at radius 3 is 3.04 bits per heavy atom. The average molecular weight is 354 g/mol. The monoisotopic (exact) mass is 354 g/mol. The summed E-state index contributed by atoms with van der Waals surface area (Å²) in [7, 11) is 0. The van der Waals surface area contributed by atoms with Gasteiger partial charge < -0.3 is 15.5 Å². The Bertz CT molecular complexity index is 996. The molecule has 2 N–H and O–H groups in total. The Kier molecular flexibility index (Phi) is 3.80. The maximum atomic E-state index is 13.4. The number of nitriles is 1. The molecular formula is C17H15FN6O2. The summed E-state index contributed by atoms with van der Waals surface area (Å²) in [5.41, 5.74) is 0.276. The zero-order valence-corrected chi connectivity index (χ0v) is 13.7. The van der Waals surface area contributed by atoms with E-state index >= 15 is 0 Å². The predicted molar refractivity (Wildman–Crippen MR) is 91.1 cm³/mol. The van der Waals surface area contributed by atoms with E-state index in [0.29, 0.717) is 30.3 Å². The maximum Gasteiger partial charge on any atom is 0.351 e. The van der Waals surface area contributed by atoms with Crippen molar-refractivity contribution < 1.29 is 9.18 Å². The minimum absolute atomic E-state index is 0.0338. The SMILES string of the molecule is N#Cc1cc(CNc2cc3n(c(=O)n2)CC2CNC(=O)CN32)ccc1F. The third-order valence-corrected chi connectivity index (χ3v) is 4.59. The van der Waals surface area contributed by atoms with E-state index in [0.717, 1.165) is 0 Å². The Balaban J connectivity index is 1.57. The molecule has 0 aliphatic carbocycles. The molecule has 132 valence electrons. The molecule has 0 spiro atoms. The van der Waals surface area contributed by atoms with Gasteiger partial charge in [0.2, 0.25) is 5.91 Å². The van der Waals surface area contributed by atoms with Crippen LogP contribution < -0.4 is 21.2 Å². The lowest BCUT2D eigenvalue weighted by molar-refractivity contribution is -0.120. The maximum absolute atomic E-state index is 13.4. The summed E-state index contributed by atoms with van der Waals surface area (Å²) in [6, 6.07) is 7.83. The zero-order valence-electron chi connectivity index (χ0n) is 13.7. The van der Waals surface area contributed by atoms with E-state index < -0.39 is 5.82 Å². The van der Waals surface area contributed by atoms with E-state index in [1.807, 2.05) is 4.90 Å². The average Bonchev–Trinajstić information content (AvgIpc) is 2.99. The van der Waals surface area contributed by atoms with Crippen molar-refractivity contribution in [3.05, 3.63) is 51.7 Å². The zero-order chi connectivity index (χ0) is 18.3. The van der Waals surface area contributed by atoms with Gasteiger partial charge in [0.15, 0.2) is 0 Å². The first-order valence-electron chi connectivity index (χ1n) is 8.13. The van der Waals surface area contributed by atoms with E-state index in [9.17, 15) is 14.0 Å². The van der Waals surface area contributed by atoms with E-state index in [1.165, 1.54) is 12.1 Å². The van der Waals surface area contributed by atoms with Crippen LogP contribution in [0.4, 0.5) is 16.0 Å². The van der Waals surface area contributed by atoms with Crippen LogP contribution in [0.5, 0.6) is 0 Å². The van der Waals surface area contributed by atoms with Gasteiger partial charge in [0.1, 0.15) is 23.5 Å². The van der Waals surface area contributed by atoms with Crippen LogP contribution in [-0.2, 0) is 17.9 Å². The molecule has 26 heavy (non-hydrogen) atoms. The van der Waals surface area contributed by atoms with Gasteiger partial charge in [-0.3, -0.25) is 9.36 Å². The smallest absolute Gasteiger partial charge is 0.351 e. The molecule has 1 atom stereocenters. The van der Waals surface area contributed by atoms with E-state index in [4.69, 9.17) is 5.26 Å². The fourth-order valence-corrected chi connectivity index (χ4v) is 3.28. The highest BCUT2D eigenvalue weighted by molar-refractivity contribution is 5.83. The number of carbonyl (C=O) groups is 1. The molecule has 0 bridgehead atoms. The van der Waals surface area contributed by atoms with Gasteiger partial charge in [0, 0.05) is 19.2 Å². The van der Waals surface area contributed by atoms with E-state index in [1.54, 1.807) is 22.8 Å². The molecule has 0 saturated carbocycles. The van der Waals surface area contributed by atoms with Crippen LogP contribution in [0, 0.1) is 17.1 Å². The molecule has 1 amide bonds. The quantitative estimate of drug-likeness (QED) is 0.815. The number of rotatable bonds is 3. The molecule has 9 heteroatoms. The van der Waals surface area contributed by atoms with Crippen LogP contribution in [0.3, 0.4) is 0 Å². The van der Waals surface area contributed by atoms with Crippen LogP contribution in [0.15, 0.2) is 29.1 Å². The summed E-state index contributed by atoms with van der Waals surface area (Å²) in [4.78, 5) is 29.9. The van der Waals surface area contributed by atoms with Crippen molar-refractivity contribution in [1.82, 2.24) is 14.9 Å². The topological polar surface area (TPSA) is 103 Å². The van der Waals surface area contributed by atoms with Gasteiger partial charge in [-0.15, -0.1) is 0 Å². The van der Waals surface area contributed by atoms with Crippen molar-refractivity contribution in [1.29, 1.82) is 5.26 Å². The number of hydrogen-bond acceptors (Lipinski definition) is 6. The first-order chi connectivity index (χ1) is 12.5. The number of hydrogen-bond donors (Lipinski definition) is 2. The molecule has 2 aromatic rings. The molecule has 0 radical (unpaired) electrons. The van der Waals surface area contributed by atoms with Crippen LogP contribution >= 0.6 is 0 Å². The minimum atomic E-state index is -0.570. The van der Waals surface area contributed by atoms with E-state index in [2.05, 4.69) is 15.6 Å². The lowest BCUT2D eigenvalue weighted by Gasteiger charge is -2.30. The molecule has 1 aromatic carbocycles. The van der Waals surface area contributed by atoms with Crippen molar-refractivity contribution in [2.24, 2.45) is 0 Å². The number of carbonyl (C=O) groups excluding carboxylic acids is 1. The van der Waals surface area contributed by atoms with Crippen LogP contribution in [0.1, 0.15) is 11.1 Å². The van der Waals surface area contributed by atoms with Crippen molar-refractivity contribution in [2.45, 2.75) is 19.1 Å². The number of fused-ring (bicyclic) bond motifs is 3. The van der Waals surface area contributed by atoms with Gasteiger partial charge in [-0.2, -0.15) is 10.2 Å². The number of halogens is 1. The van der Waals surface area contributed by atoms with Gasteiger partial charge in [-0.25, -0.2) is 9.18 Å². The third kappa shape index (κ3) is 2.75. The second-order valence-corrected chi connectivity index (χ2v) is 6.26. The molecule has 2 aliphatic heterocycles. The highest BCUT2D eigenvalue weighted by Crippen LogP contribution is 2.27. The van der Waals surface area contributed by atoms with Crippen LogP contribution in [0.2, 0.25) is 0 Å². The van der Waals surface area contributed by atoms with Gasteiger partial charge in [0.05, 0.1) is 24.7 Å². The lowest BCUT2D eigenvalue weighted by atomic mass is 10.1. The molecule has 1 fully saturated rings. The molecule has 1 saturated heterocycles. The van der Waals surface area contributed by atoms with Crippen molar-refractivity contribution in [2.75, 3.05) is 23.3 Å². The third-order valence-electron chi connectivity index (χ3n) is 4.59. The van der Waals surface area contributed by atoms with Crippen LogP contribution in [-0.4, -0.2) is 34.6 Å². The highest BCUT2D eigenvalue weighted by atomic mass is 19.1. The number of piperazine rings is 1. The lowest BCUT2D eigenvalue weighted by Crippen LogP contribution is -2.52. The number of benzene rings is 1. The molecule has 1 unspecified atom stereocenters. The standard InChI is InChI=1S/C17H15FN6O2/c18-13-2-1-10(3-11(13)5-19)6-20-14-4-16-23-9-15(25)21-7-12(23)8-24(16)17(26)22-14/h1-4,12H,6-9H2,(H,21,25)(H,20,22,26). The summed E-state index contributed by atoms with van der Waals surface area (Å²) in [6.45, 7) is 1.48. The number of amides is 1. The van der Waals surface area contributed by atoms with E-state index in [-0.39, 0.29) is 36.3 Å². The highest BCUT2D eigenvalue weighted by Gasteiger charge is 2.35. The van der Waals surface area contributed by atoms with Gasteiger partial charge in [0.25, 0.3) is 0 Å². The van der Waals surface area contributed by atoms with Crippen LogP contribution in [0.25, 0.3) is 0 Å². The summed E-state index contributed by atoms with van der Waals surface area (Å²) < 4.78 is 14.9. The molecule has 8 nitrogen and oxygen atoms in total. The van der Waals surface area contributed by atoms with Crippen molar-refractivity contribution in [3.8, 4) is 6.07 Å². The Labute approximate surface area is 147 Å². The van der Waals surface area contributed by atoms with Gasteiger partial charge >= 0.3 is 5.69 Å². The summed E-state index contributed by atoms with van der Waals surface area (Å²) >= 11 is 0. The Morgan fingerprint density at radius 2 is 2.23 bits per heavy atom. The first kappa shape index (κ1) is 16.1. The molecule has 3 heterocycles. The number of anilines is 2. The molecular weight excluding hydrogens is 339 g/mol. The second-order valence-electron chi connectivity index (χ2n) is 6.26. The minimum Gasteiger partial charge on any atom is -0.366 e. The molecule has 1 aromatic heterocycles. The van der Waals surface area contributed by atoms with Gasteiger partial charge in [-0.05, 0) is 17.7 Å². The predicted octanol–water partition coefficient (Wildman–Crippen LogP) is 0.185. The largest absolute Gasteiger partial charge is 0.366 e. The fraction of sp³-hybridized carbons (Fsp3) is 0.294. The van der Waals surface area contributed by atoms with Crippen molar-refractivity contribution >= 4 is 17.5 Å². The van der Waals surface area contributed by atoms with Gasteiger partial charge in [-0.1, -0.05) is 6.07 Å². The number of nitrogens with one attached hydrogen (secondary N) is 2. The second kappa shape index (κ2) is 6.15. The Hall–Kier alpha value is -3.41. The number of aromatic nitrogens is 2. The summed E-state index contributed by atoms with van der Waals surface area (Å²) in [5, 5.41) is 14.7. The molecule has 4 rings (SSSR count). The fourth-order valence-electron chi connectivity index (χ4n) is 3.28. The summed E-state index contributed by atoms with van der Waals surface area (Å²) in [6.07, 6.45) is 0. The Morgan fingerprint density at radius 1 is 1.38 bits per heavy atom. The number of nitrogens with zero attached hydrogens (tertiary/aromatic N) is 4.